The smallest absolute Gasteiger partial charge is 0.493 e. The number of anilines is 1. The van der Waals surface area contributed by atoms with Crippen molar-refractivity contribution in [3.63, 3.8) is 0 Å². The summed E-state index contributed by atoms with van der Waals surface area (Å²) in [6, 6.07) is 15.8. The van der Waals surface area contributed by atoms with Crippen molar-refractivity contribution in [1.29, 1.82) is 0 Å². The van der Waals surface area contributed by atoms with E-state index in [1.165, 1.54) is 30.0 Å². The Labute approximate surface area is 145 Å². The van der Waals surface area contributed by atoms with Crippen LogP contribution < -0.4 is 14.4 Å². The van der Waals surface area contributed by atoms with E-state index in [4.69, 9.17) is 4.74 Å². The third-order valence-corrected chi connectivity index (χ3v) is 4.28. The molecule has 0 atom stereocenters. The first-order valence-corrected chi connectivity index (χ1v) is 8.28. The molecule has 0 saturated carbocycles. The molecule has 0 spiro atoms. The second kappa shape index (κ2) is 7.68. The lowest BCUT2D eigenvalue weighted by molar-refractivity contribution is -0.274. The molecule has 1 aliphatic rings. The molecule has 25 heavy (non-hydrogen) atoms. The molecule has 3 nitrogen and oxygen atoms in total. The molecule has 134 valence electrons. The van der Waals surface area contributed by atoms with E-state index >= 15 is 0 Å². The van der Waals surface area contributed by atoms with Gasteiger partial charge in [-0.1, -0.05) is 18.2 Å². The number of hydrogen-bond acceptors (Lipinski definition) is 3. The lowest BCUT2D eigenvalue weighted by Crippen LogP contribution is -2.35. The second-order valence-electron chi connectivity index (χ2n) is 6.10. The number of alkyl halides is 3. The summed E-state index contributed by atoms with van der Waals surface area (Å²) in [5.41, 5.74) is 1.24. The van der Waals surface area contributed by atoms with Crippen LogP contribution in [0.2, 0.25) is 0 Å². The summed E-state index contributed by atoms with van der Waals surface area (Å²) < 4.78 is 45.9. The van der Waals surface area contributed by atoms with Crippen LogP contribution in [-0.2, 0) is 0 Å². The van der Waals surface area contributed by atoms with Crippen molar-refractivity contribution in [2.24, 2.45) is 5.92 Å². The summed E-state index contributed by atoms with van der Waals surface area (Å²) in [4.78, 5) is 2.36. The number of ether oxygens (including phenoxy) is 2. The maximum Gasteiger partial charge on any atom is 0.573 e. The van der Waals surface area contributed by atoms with E-state index in [1.807, 2.05) is 18.2 Å². The van der Waals surface area contributed by atoms with Crippen molar-refractivity contribution >= 4 is 5.69 Å². The minimum atomic E-state index is -4.67. The van der Waals surface area contributed by atoms with E-state index in [0.717, 1.165) is 25.9 Å². The van der Waals surface area contributed by atoms with Crippen molar-refractivity contribution in [3.05, 3.63) is 54.6 Å². The van der Waals surface area contributed by atoms with Crippen molar-refractivity contribution in [3.8, 4) is 11.5 Å². The summed E-state index contributed by atoms with van der Waals surface area (Å²) in [6.45, 7) is 2.54. The van der Waals surface area contributed by atoms with Gasteiger partial charge in [-0.15, -0.1) is 13.2 Å². The third kappa shape index (κ3) is 5.31. The molecule has 1 aliphatic heterocycles. The van der Waals surface area contributed by atoms with E-state index < -0.39 is 6.36 Å². The van der Waals surface area contributed by atoms with Crippen LogP contribution in [0, 0.1) is 5.92 Å². The van der Waals surface area contributed by atoms with Crippen LogP contribution >= 0.6 is 0 Å². The molecule has 1 saturated heterocycles. The first-order chi connectivity index (χ1) is 12.0. The molecule has 0 unspecified atom stereocenters. The molecule has 0 aliphatic carbocycles. The van der Waals surface area contributed by atoms with Gasteiger partial charge in [0.2, 0.25) is 0 Å². The van der Waals surface area contributed by atoms with E-state index in [2.05, 4.69) is 21.8 Å². The molecular formula is C19H20F3NO2. The summed E-state index contributed by atoms with van der Waals surface area (Å²) in [5, 5.41) is 0. The zero-order chi connectivity index (χ0) is 17.7. The van der Waals surface area contributed by atoms with Crippen LogP contribution in [0.3, 0.4) is 0 Å². The van der Waals surface area contributed by atoms with E-state index in [9.17, 15) is 13.2 Å². The number of nitrogens with zero attached hydrogens (tertiary/aromatic N) is 1. The Morgan fingerprint density at radius 2 is 1.48 bits per heavy atom. The standard InChI is InChI=1S/C19H20F3NO2/c20-19(21,22)25-18-8-6-17(7-9-18)24-14-15-10-12-23(13-11-15)16-4-2-1-3-5-16/h1-9,15H,10-14H2. The maximum absolute atomic E-state index is 12.1. The quantitative estimate of drug-likeness (QED) is 0.766. The van der Waals surface area contributed by atoms with Crippen molar-refractivity contribution in [2.75, 3.05) is 24.6 Å². The Bertz CT molecular complexity index is 651. The highest BCUT2D eigenvalue weighted by molar-refractivity contribution is 5.46. The molecule has 1 heterocycles. The Morgan fingerprint density at radius 1 is 0.880 bits per heavy atom. The largest absolute Gasteiger partial charge is 0.573 e. The van der Waals surface area contributed by atoms with E-state index in [1.54, 1.807) is 0 Å². The molecular weight excluding hydrogens is 331 g/mol. The molecule has 0 amide bonds. The zero-order valence-corrected chi connectivity index (χ0v) is 13.7. The number of halogens is 3. The monoisotopic (exact) mass is 351 g/mol. The van der Waals surface area contributed by atoms with Gasteiger partial charge in [-0.25, -0.2) is 0 Å². The van der Waals surface area contributed by atoms with Gasteiger partial charge in [0.15, 0.2) is 0 Å². The summed E-state index contributed by atoms with van der Waals surface area (Å²) in [7, 11) is 0. The molecule has 2 aromatic carbocycles. The highest BCUT2D eigenvalue weighted by Crippen LogP contribution is 2.26. The lowest BCUT2D eigenvalue weighted by atomic mass is 9.97. The van der Waals surface area contributed by atoms with Gasteiger partial charge in [0.05, 0.1) is 6.61 Å². The average Bonchev–Trinajstić information content (AvgIpc) is 2.61. The van der Waals surface area contributed by atoms with Gasteiger partial charge in [-0.05, 0) is 55.2 Å². The Kier molecular flexibility index (Phi) is 5.36. The second-order valence-corrected chi connectivity index (χ2v) is 6.10. The van der Waals surface area contributed by atoms with Gasteiger partial charge in [0.1, 0.15) is 11.5 Å². The van der Waals surface area contributed by atoms with Gasteiger partial charge in [-0.2, -0.15) is 0 Å². The molecule has 3 rings (SSSR count). The SMILES string of the molecule is FC(F)(F)Oc1ccc(OCC2CCN(c3ccccc3)CC2)cc1. The van der Waals surface area contributed by atoms with E-state index in [0.29, 0.717) is 18.3 Å². The molecule has 2 aromatic rings. The molecule has 0 radical (unpaired) electrons. The minimum Gasteiger partial charge on any atom is -0.493 e. The predicted octanol–water partition coefficient (Wildman–Crippen LogP) is 4.88. The predicted molar refractivity (Wildman–Crippen MR) is 90.0 cm³/mol. The molecule has 1 fully saturated rings. The van der Waals surface area contributed by atoms with Crippen molar-refractivity contribution in [2.45, 2.75) is 19.2 Å². The highest BCUT2D eigenvalue weighted by Gasteiger charge is 2.31. The number of rotatable bonds is 5. The average molecular weight is 351 g/mol. The molecule has 0 N–H and O–H groups in total. The fourth-order valence-electron chi connectivity index (χ4n) is 2.95. The number of para-hydroxylation sites is 1. The van der Waals surface area contributed by atoms with Gasteiger partial charge in [0.25, 0.3) is 0 Å². The summed E-state index contributed by atoms with van der Waals surface area (Å²) in [6.07, 6.45) is -2.61. The van der Waals surface area contributed by atoms with Gasteiger partial charge < -0.3 is 14.4 Å². The van der Waals surface area contributed by atoms with Crippen molar-refractivity contribution < 1.29 is 22.6 Å². The first-order valence-electron chi connectivity index (χ1n) is 8.28. The Morgan fingerprint density at radius 3 is 2.08 bits per heavy atom. The molecule has 6 heteroatoms. The molecule has 0 aromatic heterocycles. The Balaban J connectivity index is 1.44. The van der Waals surface area contributed by atoms with Crippen LogP contribution in [-0.4, -0.2) is 26.1 Å². The van der Waals surface area contributed by atoms with Crippen LogP contribution in [0.15, 0.2) is 54.6 Å². The molecule has 0 bridgehead atoms. The highest BCUT2D eigenvalue weighted by atomic mass is 19.4. The number of hydrogen-bond donors (Lipinski definition) is 0. The normalized spacial score (nSPS) is 15.9. The number of piperidine rings is 1. The van der Waals surface area contributed by atoms with Crippen LogP contribution in [0.25, 0.3) is 0 Å². The van der Waals surface area contributed by atoms with Gasteiger partial charge in [0, 0.05) is 18.8 Å². The van der Waals surface area contributed by atoms with Gasteiger partial charge >= 0.3 is 6.36 Å². The topological polar surface area (TPSA) is 21.7 Å². The van der Waals surface area contributed by atoms with Crippen LogP contribution in [0.4, 0.5) is 18.9 Å². The first kappa shape index (κ1) is 17.5. The van der Waals surface area contributed by atoms with Crippen molar-refractivity contribution in [1.82, 2.24) is 0 Å². The van der Waals surface area contributed by atoms with E-state index in [-0.39, 0.29) is 5.75 Å². The minimum absolute atomic E-state index is 0.240. The third-order valence-electron chi connectivity index (χ3n) is 4.28. The van der Waals surface area contributed by atoms with Crippen LogP contribution in [0.1, 0.15) is 12.8 Å². The summed E-state index contributed by atoms with van der Waals surface area (Å²) >= 11 is 0. The van der Waals surface area contributed by atoms with Crippen LogP contribution in [0.5, 0.6) is 11.5 Å². The Hall–Kier alpha value is -2.37. The zero-order valence-electron chi connectivity index (χ0n) is 13.7. The maximum atomic E-state index is 12.1. The lowest BCUT2D eigenvalue weighted by Gasteiger charge is -2.33. The number of benzene rings is 2. The fourth-order valence-corrected chi connectivity index (χ4v) is 2.95. The fraction of sp³-hybridized carbons (Fsp3) is 0.368. The summed E-state index contributed by atoms with van der Waals surface area (Å²) in [5.74, 6) is 0.766. The van der Waals surface area contributed by atoms with Gasteiger partial charge in [-0.3, -0.25) is 0 Å².